The predicted molar refractivity (Wildman–Crippen MR) is 116 cm³/mol. The molecule has 1 aromatic rings. The first-order valence-electron chi connectivity index (χ1n) is 10.6. The van der Waals surface area contributed by atoms with Crippen LogP contribution in [0.15, 0.2) is 18.2 Å². The summed E-state index contributed by atoms with van der Waals surface area (Å²) < 4.78 is 6.89. The monoisotopic (exact) mass is 412 g/mol. The van der Waals surface area contributed by atoms with Gasteiger partial charge in [-0.1, -0.05) is 62.9 Å². The molecule has 2 aliphatic carbocycles. The molecule has 0 aromatic heterocycles. The molecule has 0 radical (unpaired) electrons. The van der Waals surface area contributed by atoms with E-state index in [9.17, 15) is 0 Å². The van der Waals surface area contributed by atoms with Gasteiger partial charge in [0.2, 0.25) is 0 Å². The van der Waals surface area contributed by atoms with Gasteiger partial charge in [0, 0.05) is 15.6 Å². The zero-order valence-corrected chi connectivity index (χ0v) is 19.1. The van der Waals surface area contributed by atoms with Gasteiger partial charge in [-0.05, 0) is 73.7 Å². The minimum Gasteiger partial charge on any atom is -0.410 e. The van der Waals surface area contributed by atoms with Crippen molar-refractivity contribution in [2.24, 2.45) is 11.3 Å². The molecule has 0 bridgehead atoms. The second-order valence-electron chi connectivity index (χ2n) is 8.69. The molecule has 0 saturated heterocycles. The third-order valence-corrected chi connectivity index (χ3v) is 12.4. The Morgan fingerprint density at radius 3 is 2.15 bits per heavy atom. The number of hydrogen-bond acceptors (Lipinski definition) is 1. The fourth-order valence-electron chi connectivity index (χ4n) is 4.93. The summed E-state index contributed by atoms with van der Waals surface area (Å²) in [6.45, 7) is 6.86. The van der Waals surface area contributed by atoms with Crippen LogP contribution in [0.5, 0.6) is 0 Å². The van der Waals surface area contributed by atoms with E-state index in [0.29, 0.717) is 0 Å². The van der Waals surface area contributed by atoms with Gasteiger partial charge in [-0.3, -0.25) is 0 Å². The van der Waals surface area contributed by atoms with Crippen molar-refractivity contribution in [1.29, 1.82) is 0 Å². The molecule has 26 heavy (non-hydrogen) atoms. The molecule has 1 atom stereocenters. The maximum absolute atomic E-state index is 6.89. The zero-order chi connectivity index (χ0) is 18.8. The second-order valence-corrected chi connectivity index (χ2v) is 14.2. The predicted octanol–water partition coefficient (Wildman–Crippen LogP) is 8.42. The summed E-state index contributed by atoms with van der Waals surface area (Å²) in [4.78, 5) is 0. The summed E-state index contributed by atoms with van der Waals surface area (Å²) in [7, 11) is -1.71. The van der Waals surface area contributed by atoms with E-state index in [1.807, 2.05) is 18.2 Å². The van der Waals surface area contributed by atoms with Gasteiger partial charge in [-0.25, -0.2) is 0 Å². The maximum Gasteiger partial charge on any atom is 0.192 e. The van der Waals surface area contributed by atoms with Crippen LogP contribution >= 0.6 is 23.2 Å². The number of hydrogen-bond donors (Lipinski definition) is 0. The molecule has 1 nitrogen and oxygen atoms in total. The van der Waals surface area contributed by atoms with E-state index in [4.69, 9.17) is 27.6 Å². The molecular weight excluding hydrogens is 379 g/mol. The van der Waals surface area contributed by atoms with Crippen LogP contribution in [0.3, 0.4) is 0 Å². The Morgan fingerprint density at radius 1 is 1.08 bits per heavy atom. The Kier molecular flexibility index (Phi) is 6.81. The highest BCUT2D eigenvalue weighted by atomic mass is 35.5. The lowest BCUT2D eigenvalue weighted by atomic mass is 9.70. The van der Waals surface area contributed by atoms with Gasteiger partial charge in [0.05, 0.1) is 6.10 Å². The van der Waals surface area contributed by atoms with Crippen molar-refractivity contribution in [1.82, 2.24) is 0 Å². The number of benzene rings is 1. The summed E-state index contributed by atoms with van der Waals surface area (Å²) in [6, 6.07) is 9.31. The molecule has 2 fully saturated rings. The molecule has 1 aromatic carbocycles. The van der Waals surface area contributed by atoms with E-state index < -0.39 is 8.32 Å². The van der Waals surface area contributed by atoms with Crippen molar-refractivity contribution in [3.8, 4) is 0 Å². The van der Waals surface area contributed by atoms with Gasteiger partial charge in [-0.15, -0.1) is 0 Å². The van der Waals surface area contributed by atoms with Crippen LogP contribution in [0.4, 0.5) is 0 Å². The lowest BCUT2D eigenvalue weighted by molar-refractivity contribution is 0.137. The Balaban J connectivity index is 1.68. The van der Waals surface area contributed by atoms with Crippen molar-refractivity contribution in [3.63, 3.8) is 0 Å². The Morgan fingerprint density at radius 2 is 1.65 bits per heavy atom. The summed E-state index contributed by atoms with van der Waals surface area (Å²) in [5, 5.41) is 1.52. The van der Waals surface area contributed by atoms with E-state index in [0.717, 1.165) is 51.5 Å². The van der Waals surface area contributed by atoms with Crippen molar-refractivity contribution in [3.05, 3.63) is 33.8 Å². The molecule has 2 aliphatic rings. The topological polar surface area (TPSA) is 9.23 Å². The standard InChI is InChI=1S/C22H34Cl2OSi/c1-4-26(5-2,6-3)25-20(21-18(23)10-8-11-19(21)24)12-7-9-17-15-22(16-17)13-14-22/h8,10-11,17,20H,4-7,9,12-16H2,1-3H3. The van der Waals surface area contributed by atoms with Gasteiger partial charge in [0.15, 0.2) is 8.32 Å². The first-order valence-corrected chi connectivity index (χ1v) is 13.9. The smallest absolute Gasteiger partial charge is 0.192 e. The molecule has 3 rings (SSSR count). The Bertz CT molecular complexity index is 574. The molecule has 0 aliphatic heterocycles. The number of halogens is 2. The van der Waals surface area contributed by atoms with E-state index in [1.54, 1.807) is 0 Å². The van der Waals surface area contributed by atoms with Crippen molar-refractivity contribution in [2.75, 3.05) is 0 Å². The Labute approximate surface area is 170 Å². The average molecular weight is 414 g/mol. The fraction of sp³-hybridized carbons (Fsp3) is 0.727. The average Bonchev–Trinajstić information content (AvgIpc) is 3.39. The van der Waals surface area contributed by atoms with Crippen LogP contribution in [0.2, 0.25) is 28.2 Å². The molecule has 0 heterocycles. The van der Waals surface area contributed by atoms with Crippen LogP contribution in [0, 0.1) is 11.3 Å². The molecule has 4 heteroatoms. The molecule has 1 unspecified atom stereocenters. The molecule has 2 saturated carbocycles. The molecule has 1 spiro atoms. The van der Waals surface area contributed by atoms with Crippen molar-refractivity contribution < 1.29 is 4.43 Å². The second kappa shape index (κ2) is 8.55. The van der Waals surface area contributed by atoms with Gasteiger partial charge in [0.25, 0.3) is 0 Å². The van der Waals surface area contributed by atoms with Crippen LogP contribution in [0.25, 0.3) is 0 Å². The highest BCUT2D eigenvalue weighted by Crippen LogP contribution is 2.64. The van der Waals surface area contributed by atoms with Crippen LogP contribution in [-0.2, 0) is 4.43 Å². The summed E-state index contributed by atoms with van der Waals surface area (Å²) in [6.07, 6.45) is 9.58. The van der Waals surface area contributed by atoms with Gasteiger partial charge in [0.1, 0.15) is 0 Å². The quantitative estimate of drug-likeness (QED) is 0.350. The first-order chi connectivity index (χ1) is 12.5. The minimum atomic E-state index is -1.71. The van der Waals surface area contributed by atoms with Crippen molar-refractivity contribution >= 4 is 31.5 Å². The Hall–Kier alpha value is -0.0231. The maximum atomic E-state index is 6.89. The third kappa shape index (κ3) is 4.51. The first kappa shape index (κ1) is 20.7. The van der Waals surface area contributed by atoms with E-state index in [2.05, 4.69) is 20.8 Å². The van der Waals surface area contributed by atoms with Gasteiger partial charge >= 0.3 is 0 Å². The van der Waals surface area contributed by atoms with E-state index in [1.165, 1.54) is 38.5 Å². The molecule has 146 valence electrons. The normalized spacial score (nSPS) is 20.2. The lowest BCUT2D eigenvalue weighted by Gasteiger charge is -2.37. The van der Waals surface area contributed by atoms with Crippen molar-refractivity contribution in [2.45, 2.75) is 90.0 Å². The van der Waals surface area contributed by atoms with Crippen LogP contribution in [-0.4, -0.2) is 8.32 Å². The summed E-state index contributed by atoms with van der Waals surface area (Å²) >= 11 is 13.1. The third-order valence-electron chi connectivity index (χ3n) is 7.13. The fourth-order valence-corrected chi connectivity index (χ4v) is 8.41. The SMILES string of the molecule is CC[Si](CC)(CC)OC(CCCC1CC2(CC2)C1)c1c(Cl)cccc1Cl. The highest BCUT2D eigenvalue weighted by Gasteiger charge is 2.52. The molecule has 0 amide bonds. The van der Waals surface area contributed by atoms with Gasteiger partial charge < -0.3 is 4.43 Å². The summed E-state index contributed by atoms with van der Waals surface area (Å²) in [5.41, 5.74) is 1.83. The van der Waals surface area contributed by atoms with E-state index in [-0.39, 0.29) is 6.10 Å². The van der Waals surface area contributed by atoms with E-state index >= 15 is 0 Å². The lowest BCUT2D eigenvalue weighted by Crippen LogP contribution is -2.37. The molecular formula is C22H34Cl2OSi. The summed E-state index contributed by atoms with van der Waals surface area (Å²) in [5.74, 6) is 0.949. The zero-order valence-electron chi connectivity index (χ0n) is 16.6. The van der Waals surface area contributed by atoms with Crippen LogP contribution in [0.1, 0.15) is 77.4 Å². The highest BCUT2D eigenvalue weighted by molar-refractivity contribution is 6.73. The van der Waals surface area contributed by atoms with Gasteiger partial charge in [-0.2, -0.15) is 0 Å². The molecule has 0 N–H and O–H groups in total. The largest absolute Gasteiger partial charge is 0.410 e. The number of rotatable bonds is 10. The van der Waals surface area contributed by atoms with Crippen LogP contribution < -0.4 is 0 Å². The minimum absolute atomic E-state index is 0.0534.